The highest BCUT2D eigenvalue weighted by molar-refractivity contribution is 5.49. The van der Waals surface area contributed by atoms with E-state index < -0.39 is 23.1 Å². The van der Waals surface area contributed by atoms with E-state index in [9.17, 15) is 28.1 Å². The van der Waals surface area contributed by atoms with Crippen molar-refractivity contribution in [2.45, 2.75) is 25.9 Å². The first-order valence-corrected chi connectivity index (χ1v) is 8.44. The monoisotopic (exact) mass is 423 g/mol. The number of tetrazole rings is 1. The van der Waals surface area contributed by atoms with Crippen molar-refractivity contribution in [3.8, 4) is 17.2 Å². The summed E-state index contributed by atoms with van der Waals surface area (Å²) in [6.45, 7) is 1.55. The summed E-state index contributed by atoms with van der Waals surface area (Å²) in [4.78, 5) is 23.0. The van der Waals surface area contributed by atoms with E-state index in [4.69, 9.17) is 0 Å². The lowest BCUT2D eigenvalue weighted by atomic mass is 10.1. The van der Waals surface area contributed by atoms with E-state index >= 15 is 0 Å². The number of nitro benzene ring substituents is 1. The van der Waals surface area contributed by atoms with Crippen LogP contribution in [-0.2, 0) is 6.54 Å². The minimum atomic E-state index is -4.13. The van der Waals surface area contributed by atoms with Gasteiger partial charge in [0.25, 0.3) is 5.69 Å². The summed E-state index contributed by atoms with van der Waals surface area (Å²) in [5, 5.41) is 18.4. The molecule has 10 nitrogen and oxygen atoms in total. The van der Waals surface area contributed by atoms with E-state index in [1.54, 1.807) is 13.0 Å². The predicted octanol–water partition coefficient (Wildman–Crippen LogP) is 2.35. The molecule has 0 radical (unpaired) electrons. The van der Waals surface area contributed by atoms with E-state index in [2.05, 4.69) is 19.9 Å². The van der Waals surface area contributed by atoms with Gasteiger partial charge in [-0.1, -0.05) is 6.07 Å². The second-order valence-electron chi connectivity index (χ2n) is 6.44. The number of nitrogens with zero attached hydrogens (tertiary/aromatic N) is 5. The molecule has 13 heteroatoms. The van der Waals surface area contributed by atoms with Gasteiger partial charge in [0.05, 0.1) is 17.2 Å². The molecule has 30 heavy (non-hydrogen) atoms. The van der Waals surface area contributed by atoms with Gasteiger partial charge in [-0.15, -0.1) is 0 Å². The largest absolute Gasteiger partial charge is 0.468 e. The molecule has 2 aromatic carbocycles. The van der Waals surface area contributed by atoms with Gasteiger partial charge in [-0.25, -0.2) is 4.79 Å². The van der Waals surface area contributed by atoms with Crippen LogP contribution in [0, 0.1) is 17.0 Å². The highest BCUT2D eigenvalue weighted by Gasteiger charge is 2.49. The van der Waals surface area contributed by atoms with E-state index in [-0.39, 0.29) is 29.4 Å². The molecule has 3 aromatic rings. The van der Waals surface area contributed by atoms with Gasteiger partial charge in [0.1, 0.15) is 0 Å². The van der Waals surface area contributed by atoms with Gasteiger partial charge in [-0.3, -0.25) is 10.1 Å². The Balaban J connectivity index is 1.62. The van der Waals surface area contributed by atoms with E-state index in [1.165, 1.54) is 18.2 Å². The number of ether oxygens (including phenoxy) is 2. The molecular formula is C17H12F3N5O5. The number of hydrogen-bond donors (Lipinski definition) is 0. The minimum absolute atomic E-state index is 0.0129. The van der Waals surface area contributed by atoms with Crippen molar-refractivity contribution in [1.29, 1.82) is 0 Å². The van der Waals surface area contributed by atoms with Crippen LogP contribution in [-0.4, -0.2) is 37.2 Å². The summed E-state index contributed by atoms with van der Waals surface area (Å²) in [6.07, 6.45) is -7.13. The number of alkyl halides is 3. The zero-order chi connectivity index (χ0) is 21.6. The topological polar surface area (TPSA) is 114 Å². The van der Waals surface area contributed by atoms with Crippen LogP contribution in [0.1, 0.15) is 11.1 Å². The van der Waals surface area contributed by atoms with Crippen LogP contribution in [0.5, 0.6) is 11.5 Å². The standard InChI is InChI=1S/C17H12F3N5O5/c1-9-6-10(2-4-12(9)25(27)28)8-23-16(26)24(22-21-23)11-3-5-13-14(7-11)29-15(18)17(19,20)30-13/h2-7,15H,8H2,1H3. The van der Waals surface area contributed by atoms with Crippen molar-refractivity contribution < 1.29 is 27.6 Å². The Morgan fingerprint density at radius 3 is 2.67 bits per heavy atom. The van der Waals surface area contributed by atoms with E-state index in [1.807, 2.05) is 0 Å². The Morgan fingerprint density at radius 1 is 1.20 bits per heavy atom. The maximum absolute atomic E-state index is 13.4. The third kappa shape index (κ3) is 3.33. The first kappa shape index (κ1) is 19.4. The number of benzene rings is 2. The number of aromatic nitrogens is 4. The molecule has 1 atom stereocenters. The summed E-state index contributed by atoms with van der Waals surface area (Å²) in [5.74, 6) is -0.710. The van der Waals surface area contributed by atoms with Crippen LogP contribution in [0.4, 0.5) is 18.9 Å². The van der Waals surface area contributed by atoms with Gasteiger partial charge < -0.3 is 9.47 Å². The molecule has 0 N–H and O–H groups in total. The van der Waals surface area contributed by atoms with Crippen molar-refractivity contribution in [2.75, 3.05) is 0 Å². The number of nitro groups is 1. The Morgan fingerprint density at radius 2 is 1.97 bits per heavy atom. The average Bonchev–Trinajstić information content (AvgIpc) is 3.02. The van der Waals surface area contributed by atoms with Crippen LogP contribution in [0.3, 0.4) is 0 Å². The summed E-state index contributed by atoms with van der Waals surface area (Å²) in [5.41, 5.74) is 0.359. The molecule has 0 spiro atoms. The number of halogens is 3. The Hall–Kier alpha value is -3.90. The number of hydrogen-bond acceptors (Lipinski definition) is 7. The lowest BCUT2D eigenvalue weighted by molar-refractivity contribution is -0.385. The van der Waals surface area contributed by atoms with Crippen molar-refractivity contribution in [2.24, 2.45) is 0 Å². The molecule has 1 aromatic heterocycles. The zero-order valence-electron chi connectivity index (χ0n) is 15.2. The van der Waals surface area contributed by atoms with Crippen LogP contribution < -0.4 is 15.2 Å². The van der Waals surface area contributed by atoms with Crippen molar-refractivity contribution in [1.82, 2.24) is 19.8 Å². The highest BCUT2D eigenvalue weighted by atomic mass is 19.3. The van der Waals surface area contributed by atoms with Crippen LogP contribution in [0.2, 0.25) is 0 Å². The maximum Gasteiger partial charge on any atom is 0.468 e. The molecule has 1 aliphatic heterocycles. The molecule has 1 aliphatic rings. The molecule has 0 bridgehead atoms. The van der Waals surface area contributed by atoms with Crippen LogP contribution in [0.25, 0.3) is 5.69 Å². The highest BCUT2D eigenvalue weighted by Crippen LogP contribution is 2.41. The quantitative estimate of drug-likeness (QED) is 0.467. The summed E-state index contributed by atoms with van der Waals surface area (Å²) < 4.78 is 50.5. The Bertz CT molecular complexity index is 1210. The third-order valence-electron chi connectivity index (χ3n) is 4.34. The predicted molar refractivity (Wildman–Crippen MR) is 93.7 cm³/mol. The van der Waals surface area contributed by atoms with Gasteiger partial charge in [-0.05, 0) is 41.1 Å². The van der Waals surface area contributed by atoms with Crippen molar-refractivity contribution in [3.63, 3.8) is 0 Å². The fourth-order valence-electron chi connectivity index (χ4n) is 2.91. The van der Waals surface area contributed by atoms with Gasteiger partial charge in [0.2, 0.25) is 0 Å². The summed E-state index contributed by atoms with van der Waals surface area (Å²) in [7, 11) is 0. The molecule has 0 saturated heterocycles. The smallest absolute Gasteiger partial charge is 0.447 e. The second kappa shape index (κ2) is 6.86. The average molecular weight is 423 g/mol. The SMILES string of the molecule is Cc1cc(Cn2nnn(-c3ccc4c(c3)OC(F)C(F)(F)O4)c2=O)ccc1[N+](=O)[O-]. The van der Waals surface area contributed by atoms with Crippen LogP contribution >= 0.6 is 0 Å². The second-order valence-corrected chi connectivity index (χ2v) is 6.44. The molecule has 0 aliphatic carbocycles. The lowest BCUT2D eigenvalue weighted by Crippen LogP contribution is -2.43. The van der Waals surface area contributed by atoms with Crippen molar-refractivity contribution >= 4 is 5.69 Å². The Labute approximate surface area is 165 Å². The summed E-state index contributed by atoms with van der Waals surface area (Å²) in [6, 6.07) is 7.83. The number of fused-ring (bicyclic) bond motifs is 1. The lowest BCUT2D eigenvalue weighted by Gasteiger charge is -2.28. The maximum atomic E-state index is 13.4. The van der Waals surface area contributed by atoms with Crippen molar-refractivity contribution in [3.05, 3.63) is 68.1 Å². The molecule has 156 valence electrons. The number of rotatable bonds is 4. The fourth-order valence-corrected chi connectivity index (χ4v) is 2.91. The number of aryl methyl sites for hydroxylation is 1. The molecule has 0 saturated carbocycles. The van der Waals surface area contributed by atoms with Gasteiger partial charge in [0.15, 0.2) is 11.5 Å². The van der Waals surface area contributed by atoms with Gasteiger partial charge in [0, 0.05) is 17.7 Å². The first-order valence-electron chi connectivity index (χ1n) is 8.44. The molecular weight excluding hydrogens is 411 g/mol. The van der Waals surface area contributed by atoms with E-state index in [0.717, 1.165) is 21.5 Å². The fraction of sp³-hybridized carbons (Fsp3) is 0.235. The van der Waals surface area contributed by atoms with E-state index in [0.29, 0.717) is 11.1 Å². The summed E-state index contributed by atoms with van der Waals surface area (Å²) >= 11 is 0. The molecule has 4 rings (SSSR count). The van der Waals surface area contributed by atoms with Crippen LogP contribution in [0.15, 0.2) is 41.2 Å². The molecule has 0 fully saturated rings. The minimum Gasteiger partial charge on any atom is -0.447 e. The molecule has 0 amide bonds. The normalized spacial score (nSPS) is 17.0. The van der Waals surface area contributed by atoms with Gasteiger partial charge >= 0.3 is 18.2 Å². The molecule has 2 heterocycles. The first-order chi connectivity index (χ1) is 14.2. The molecule has 1 unspecified atom stereocenters. The third-order valence-corrected chi connectivity index (χ3v) is 4.34. The zero-order valence-corrected chi connectivity index (χ0v) is 15.2. The Kier molecular flexibility index (Phi) is 4.44. The van der Waals surface area contributed by atoms with Gasteiger partial charge in [-0.2, -0.15) is 22.5 Å².